The summed E-state index contributed by atoms with van der Waals surface area (Å²) in [7, 11) is -3.74. The van der Waals surface area contributed by atoms with Crippen LogP contribution in [0.1, 0.15) is 13.8 Å². The van der Waals surface area contributed by atoms with E-state index in [2.05, 4.69) is 4.40 Å². The molecule has 0 spiro atoms. The van der Waals surface area contributed by atoms with Gasteiger partial charge < -0.3 is 9.30 Å². The molecule has 3 aromatic rings. The third-order valence-corrected chi connectivity index (χ3v) is 5.96. The molecule has 0 N–H and O–H groups in total. The van der Waals surface area contributed by atoms with Gasteiger partial charge in [0.15, 0.2) is 0 Å². The van der Waals surface area contributed by atoms with E-state index in [0.29, 0.717) is 18.0 Å². The predicted octanol–water partition coefficient (Wildman–Crippen LogP) is 3.41. The number of nitrogens with zero attached hydrogens (tertiary/aromatic N) is 2. The molecule has 0 saturated carbocycles. The Morgan fingerprint density at radius 2 is 1.83 bits per heavy atom. The average molecular weight is 362 g/mol. The second kappa shape index (κ2) is 6.78. The summed E-state index contributed by atoms with van der Waals surface area (Å²) in [5.74, 6) is 0.742. The number of para-hydroxylation sites is 1. The maximum Gasteiger partial charge on any atom is 0.285 e. The van der Waals surface area contributed by atoms with Gasteiger partial charge in [0.2, 0.25) is 4.80 Å². The third kappa shape index (κ3) is 3.09. The van der Waals surface area contributed by atoms with E-state index in [0.717, 1.165) is 16.0 Å². The topological polar surface area (TPSA) is 60.7 Å². The molecule has 126 valence electrons. The number of aryl methyl sites for hydroxylation is 1. The lowest BCUT2D eigenvalue weighted by atomic mass is 10.3. The van der Waals surface area contributed by atoms with E-state index in [1.165, 1.54) is 11.3 Å². The van der Waals surface area contributed by atoms with Crippen LogP contribution in [0.2, 0.25) is 0 Å². The highest BCUT2D eigenvalue weighted by Gasteiger charge is 2.15. The predicted molar refractivity (Wildman–Crippen MR) is 95.8 cm³/mol. The van der Waals surface area contributed by atoms with Gasteiger partial charge in [-0.1, -0.05) is 35.6 Å². The molecule has 0 saturated heterocycles. The van der Waals surface area contributed by atoms with Crippen LogP contribution < -0.4 is 9.54 Å². The van der Waals surface area contributed by atoms with Gasteiger partial charge in [0.1, 0.15) is 11.3 Å². The van der Waals surface area contributed by atoms with E-state index < -0.39 is 10.0 Å². The van der Waals surface area contributed by atoms with Crippen LogP contribution in [0.3, 0.4) is 0 Å². The van der Waals surface area contributed by atoms with Crippen molar-refractivity contribution in [1.82, 2.24) is 4.57 Å². The average Bonchev–Trinajstić information content (AvgIpc) is 2.93. The minimum atomic E-state index is -3.74. The molecule has 1 heterocycles. The summed E-state index contributed by atoms with van der Waals surface area (Å²) in [6, 6.07) is 14.0. The fraction of sp³-hybridized carbons (Fsp3) is 0.235. The number of aromatic nitrogens is 1. The second-order valence-corrected chi connectivity index (χ2v) is 7.66. The molecule has 0 unspecified atom stereocenters. The highest BCUT2D eigenvalue weighted by molar-refractivity contribution is 7.90. The molecule has 0 aliphatic heterocycles. The van der Waals surface area contributed by atoms with Crippen LogP contribution in [0.25, 0.3) is 10.2 Å². The Balaban J connectivity index is 2.25. The van der Waals surface area contributed by atoms with Crippen molar-refractivity contribution in [2.75, 3.05) is 6.61 Å². The summed E-state index contributed by atoms with van der Waals surface area (Å²) in [6.45, 7) is 5.04. The van der Waals surface area contributed by atoms with Crippen LogP contribution in [0.4, 0.5) is 0 Å². The minimum absolute atomic E-state index is 0.190. The van der Waals surface area contributed by atoms with Gasteiger partial charge in [0.25, 0.3) is 10.0 Å². The lowest BCUT2D eigenvalue weighted by molar-refractivity contribution is 0.342. The summed E-state index contributed by atoms with van der Waals surface area (Å²) >= 11 is 1.35. The van der Waals surface area contributed by atoms with Crippen molar-refractivity contribution in [1.29, 1.82) is 0 Å². The van der Waals surface area contributed by atoms with E-state index in [1.807, 2.05) is 36.6 Å². The van der Waals surface area contributed by atoms with Crippen molar-refractivity contribution in [2.45, 2.75) is 25.3 Å². The lowest BCUT2D eigenvalue weighted by Crippen LogP contribution is -2.16. The summed E-state index contributed by atoms with van der Waals surface area (Å²) in [5.41, 5.74) is 0.883. The van der Waals surface area contributed by atoms with Crippen LogP contribution in [0, 0.1) is 0 Å². The fourth-order valence-electron chi connectivity index (χ4n) is 2.48. The van der Waals surface area contributed by atoms with E-state index >= 15 is 0 Å². The highest BCUT2D eigenvalue weighted by atomic mass is 32.2. The van der Waals surface area contributed by atoms with Gasteiger partial charge >= 0.3 is 0 Å². The molecule has 0 aliphatic carbocycles. The molecule has 5 nitrogen and oxygen atoms in total. The number of sulfonamides is 1. The summed E-state index contributed by atoms with van der Waals surface area (Å²) in [6.07, 6.45) is 0. The van der Waals surface area contributed by atoms with Gasteiger partial charge in [0.05, 0.1) is 16.2 Å². The summed E-state index contributed by atoms with van der Waals surface area (Å²) < 4.78 is 37.7. The third-order valence-electron chi connectivity index (χ3n) is 3.52. The molecule has 0 bridgehead atoms. The van der Waals surface area contributed by atoms with Crippen LogP contribution in [-0.2, 0) is 16.6 Å². The first kappa shape index (κ1) is 16.7. The second-order valence-electron chi connectivity index (χ2n) is 5.04. The SMILES string of the molecule is CCOc1cccc2sc(=NS(=O)(=O)c3ccccc3)n(CC)c12. The number of fused-ring (bicyclic) bond motifs is 1. The van der Waals surface area contributed by atoms with Gasteiger partial charge in [-0.05, 0) is 38.1 Å². The van der Waals surface area contributed by atoms with E-state index in [9.17, 15) is 8.42 Å². The van der Waals surface area contributed by atoms with Crippen LogP contribution in [0.5, 0.6) is 5.75 Å². The Morgan fingerprint density at radius 3 is 2.50 bits per heavy atom. The van der Waals surface area contributed by atoms with Gasteiger partial charge in [-0.3, -0.25) is 0 Å². The molecule has 3 rings (SSSR count). The first-order valence-corrected chi connectivity index (χ1v) is 9.93. The normalized spacial score (nSPS) is 12.7. The summed E-state index contributed by atoms with van der Waals surface area (Å²) in [5, 5.41) is 0. The van der Waals surface area contributed by atoms with Gasteiger partial charge in [0, 0.05) is 6.54 Å². The van der Waals surface area contributed by atoms with Gasteiger partial charge in [-0.2, -0.15) is 8.42 Å². The Morgan fingerprint density at radius 1 is 1.08 bits per heavy atom. The minimum Gasteiger partial charge on any atom is -0.492 e. The van der Waals surface area contributed by atoms with Crippen molar-refractivity contribution in [3.63, 3.8) is 0 Å². The molecular formula is C17H18N2O3S2. The number of benzene rings is 2. The maximum absolute atomic E-state index is 12.6. The molecule has 0 radical (unpaired) electrons. The zero-order valence-electron chi connectivity index (χ0n) is 13.5. The van der Waals surface area contributed by atoms with E-state index in [-0.39, 0.29) is 4.90 Å². The van der Waals surface area contributed by atoms with Crippen LogP contribution in [0.15, 0.2) is 57.8 Å². The summed E-state index contributed by atoms with van der Waals surface area (Å²) in [4.78, 5) is 0.638. The van der Waals surface area contributed by atoms with Gasteiger partial charge in [-0.25, -0.2) is 0 Å². The van der Waals surface area contributed by atoms with Crippen molar-refractivity contribution in [3.05, 3.63) is 53.3 Å². The first-order valence-electron chi connectivity index (χ1n) is 7.68. The molecule has 0 fully saturated rings. The van der Waals surface area contributed by atoms with E-state index in [1.54, 1.807) is 30.3 Å². The fourth-order valence-corrected chi connectivity index (χ4v) is 4.82. The zero-order chi connectivity index (χ0) is 17.2. The molecule has 1 aromatic heterocycles. The van der Waals surface area contributed by atoms with Crippen LogP contribution >= 0.6 is 11.3 Å². The Kier molecular flexibility index (Phi) is 4.73. The quantitative estimate of drug-likeness (QED) is 0.699. The Bertz CT molecular complexity index is 1020. The lowest BCUT2D eigenvalue weighted by Gasteiger charge is -2.07. The molecule has 24 heavy (non-hydrogen) atoms. The van der Waals surface area contributed by atoms with Crippen molar-refractivity contribution in [3.8, 4) is 5.75 Å². The van der Waals surface area contributed by atoms with Crippen molar-refractivity contribution < 1.29 is 13.2 Å². The number of rotatable bonds is 5. The first-order chi connectivity index (χ1) is 11.6. The van der Waals surface area contributed by atoms with Crippen molar-refractivity contribution in [2.24, 2.45) is 4.40 Å². The molecule has 0 aliphatic rings. The Labute approximate surface area is 144 Å². The number of thiazole rings is 1. The van der Waals surface area contributed by atoms with Crippen LogP contribution in [-0.4, -0.2) is 19.6 Å². The monoisotopic (exact) mass is 362 g/mol. The number of hydrogen-bond acceptors (Lipinski definition) is 4. The van der Waals surface area contributed by atoms with E-state index in [4.69, 9.17) is 4.74 Å². The zero-order valence-corrected chi connectivity index (χ0v) is 15.1. The number of hydrogen-bond donors (Lipinski definition) is 0. The largest absolute Gasteiger partial charge is 0.492 e. The Hall–Kier alpha value is -2.12. The number of ether oxygens (including phenoxy) is 1. The van der Waals surface area contributed by atoms with Crippen molar-refractivity contribution >= 4 is 31.6 Å². The molecule has 2 aromatic carbocycles. The molecule has 0 amide bonds. The highest BCUT2D eigenvalue weighted by Crippen LogP contribution is 2.27. The molecular weight excluding hydrogens is 344 g/mol. The maximum atomic E-state index is 12.6. The smallest absolute Gasteiger partial charge is 0.285 e. The molecule has 7 heteroatoms. The standard InChI is InChI=1S/C17H18N2O3S2/c1-3-19-16-14(22-4-2)11-8-12-15(16)23-17(19)18-24(20,21)13-9-6-5-7-10-13/h5-12H,3-4H2,1-2H3. The molecule has 0 atom stereocenters. The van der Waals surface area contributed by atoms with Gasteiger partial charge in [-0.15, -0.1) is 4.40 Å².